The Bertz CT molecular complexity index is 404. The summed E-state index contributed by atoms with van der Waals surface area (Å²) < 4.78 is 4.56. The van der Waals surface area contributed by atoms with Crippen LogP contribution in [0.5, 0.6) is 0 Å². The van der Waals surface area contributed by atoms with Gasteiger partial charge in [-0.25, -0.2) is 0 Å². The third kappa shape index (κ3) is 4.64. The van der Waals surface area contributed by atoms with Crippen molar-refractivity contribution < 1.29 is 14.3 Å². The lowest BCUT2D eigenvalue weighted by Gasteiger charge is -2.01. The SMILES string of the molecule is C=COC(=O)CCCC(=O)c1ccc(C)cc1. The van der Waals surface area contributed by atoms with Gasteiger partial charge in [-0.3, -0.25) is 9.59 Å². The van der Waals surface area contributed by atoms with E-state index >= 15 is 0 Å². The molecule has 1 aromatic carbocycles. The van der Waals surface area contributed by atoms with Crippen LogP contribution in [0.25, 0.3) is 0 Å². The zero-order valence-electron chi connectivity index (χ0n) is 9.94. The Morgan fingerprint density at radius 3 is 2.47 bits per heavy atom. The molecular formula is C14H16O3. The fourth-order valence-corrected chi connectivity index (χ4v) is 1.43. The van der Waals surface area contributed by atoms with E-state index in [0.717, 1.165) is 11.8 Å². The second kappa shape index (κ2) is 6.63. The maximum atomic E-state index is 11.7. The molecule has 0 saturated carbocycles. The van der Waals surface area contributed by atoms with Crippen molar-refractivity contribution in [3.05, 3.63) is 48.2 Å². The summed E-state index contributed by atoms with van der Waals surface area (Å²) in [7, 11) is 0. The highest BCUT2D eigenvalue weighted by Gasteiger charge is 2.07. The van der Waals surface area contributed by atoms with Gasteiger partial charge in [-0.05, 0) is 13.3 Å². The number of rotatable bonds is 6. The molecule has 0 N–H and O–H groups in total. The number of ketones is 1. The molecule has 0 fully saturated rings. The lowest BCUT2D eigenvalue weighted by Crippen LogP contribution is -2.03. The molecule has 90 valence electrons. The summed E-state index contributed by atoms with van der Waals surface area (Å²) in [6.45, 7) is 5.26. The summed E-state index contributed by atoms with van der Waals surface area (Å²) >= 11 is 0. The van der Waals surface area contributed by atoms with Gasteiger partial charge in [-0.1, -0.05) is 36.4 Å². The fourth-order valence-electron chi connectivity index (χ4n) is 1.43. The molecule has 17 heavy (non-hydrogen) atoms. The molecule has 0 aliphatic carbocycles. The summed E-state index contributed by atoms with van der Waals surface area (Å²) in [6, 6.07) is 7.41. The Balaban J connectivity index is 2.37. The lowest BCUT2D eigenvalue weighted by molar-refractivity contribution is -0.138. The molecule has 3 nitrogen and oxygen atoms in total. The van der Waals surface area contributed by atoms with Crippen LogP contribution in [0.4, 0.5) is 0 Å². The zero-order valence-corrected chi connectivity index (χ0v) is 9.94. The highest BCUT2D eigenvalue weighted by molar-refractivity contribution is 5.96. The number of benzene rings is 1. The minimum atomic E-state index is -0.350. The van der Waals surface area contributed by atoms with E-state index in [1.54, 1.807) is 12.1 Å². The molecule has 0 amide bonds. The van der Waals surface area contributed by atoms with Gasteiger partial charge >= 0.3 is 5.97 Å². The molecule has 0 unspecified atom stereocenters. The summed E-state index contributed by atoms with van der Waals surface area (Å²) in [4.78, 5) is 22.7. The van der Waals surface area contributed by atoms with Crippen LogP contribution in [0.15, 0.2) is 37.1 Å². The first-order chi connectivity index (χ1) is 8.13. The topological polar surface area (TPSA) is 43.4 Å². The Morgan fingerprint density at radius 2 is 1.88 bits per heavy atom. The molecule has 0 aromatic heterocycles. The van der Waals surface area contributed by atoms with Crippen LogP contribution in [-0.2, 0) is 9.53 Å². The number of carbonyl (C=O) groups is 2. The Morgan fingerprint density at radius 1 is 1.24 bits per heavy atom. The average molecular weight is 232 g/mol. The van der Waals surface area contributed by atoms with Gasteiger partial charge in [0.25, 0.3) is 0 Å². The number of hydrogen-bond acceptors (Lipinski definition) is 3. The molecular weight excluding hydrogens is 216 g/mol. The summed E-state index contributed by atoms with van der Waals surface area (Å²) in [5, 5.41) is 0. The first-order valence-corrected chi connectivity index (χ1v) is 5.53. The summed E-state index contributed by atoms with van der Waals surface area (Å²) in [5.74, 6) is -0.298. The molecule has 0 aliphatic heterocycles. The molecule has 0 saturated heterocycles. The summed E-state index contributed by atoms with van der Waals surface area (Å²) in [6.07, 6.45) is 2.20. The van der Waals surface area contributed by atoms with Crippen LogP contribution < -0.4 is 0 Å². The van der Waals surface area contributed by atoms with Gasteiger partial charge in [-0.2, -0.15) is 0 Å². The minimum Gasteiger partial charge on any atom is -0.435 e. The van der Waals surface area contributed by atoms with Crippen molar-refractivity contribution in [3.63, 3.8) is 0 Å². The van der Waals surface area contributed by atoms with Gasteiger partial charge in [0.05, 0.1) is 6.26 Å². The lowest BCUT2D eigenvalue weighted by atomic mass is 10.0. The number of ether oxygens (including phenoxy) is 1. The molecule has 0 radical (unpaired) electrons. The Hall–Kier alpha value is -1.90. The van der Waals surface area contributed by atoms with E-state index < -0.39 is 0 Å². The van der Waals surface area contributed by atoms with Gasteiger partial charge in [0.15, 0.2) is 5.78 Å². The van der Waals surface area contributed by atoms with E-state index in [2.05, 4.69) is 11.3 Å². The minimum absolute atomic E-state index is 0.0522. The maximum absolute atomic E-state index is 11.7. The standard InChI is InChI=1S/C14H16O3/c1-3-17-14(16)6-4-5-13(15)12-9-7-11(2)8-10-12/h3,7-10H,1,4-6H2,2H3. The quantitative estimate of drug-likeness (QED) is 0.430. The van der Waals surface area contributed by atoms with E-state index in [1.807, 2.05) is 19.1 Å². The van der Waals surface area contributed by atoms with Crippen molar-refractivity contribution in [2.45, 2.75) is 26.2 Å². The van der Waals surface area contributed by atoms with Crippen molar-refractivity contribution in [3.8, 4) is 0 Å². The van der Waals surface area contributed by atoms with Crippen LogP contribution >= 0.6 is 0 Å². The van der Waals surface area contributed by atoms with Crippen molar-refractivity contribution in [2.75, 3.05) is 0 Å². The predicted molar refractivity (Wildman–Crippen MR) is 65.6 cm³/mol. The van der Waals surface area contributed by atoms with Crippen molar-refractivity contribution in [1.29, 1.82) is 0 Å². The predicted octanol–water partition coefficient (Wildman–Crippen LogP) is 3.03. The van der Waals surface area contributed by atoms with Crippen LogP contribution in [0.3, 0.4) is 0 Å². The van der Waals surface area contributed by atoms with Crippen molar-refractivity contribution in [2.24, 2.45) is 0 Å². The average Bonchev–Trinajstić information content (AvgIpc) is 2.30. The number of hydrogen-bond donors (Lipinski definition) is 0. The van der Waals surface area contributed by atoms with Gasteiger partial charge in [0.2, 0.25) is 0 Å². The van der Waals surface area contributed by atoms with Gasteiger partial charge in [-0.15, -0.1) is 0 Å². The molecule has 0 aliphatic rings. The Kier molecular flexibility index (Phi) is 5.14. The van der Waals surface area contributed by atoms with E-state index in [4.69, 9.17) is 0 Å². The molecule has 0 spiro atoms. The van der Waals surface area contributed by atoms with E-state index in [9.17, 15) is 9.59 Å². The molecule has 1 rings (SSSR count). The largest absolute Gasteiger partial charge is 0.435 e. The van der Waals surface area contributed by atoms with Crippen LogP contribution in [0.2, 0.25) is 0 Å². The van der Waals surface area contributed by atoms with E-state index in [0.29, 0.717) is 18.4 Å². The second-order valence-electron chi connectivity index (χ2n) is 3.80. The van der Waals surface area contributed by atoms with Crippen molar-refractivity contribution in [1.82, 2.24) is 0 Å². The zero-order chi connectivity index (χ0) is 12.7. The smallest absolute Gasteiger partial charge is 0.310 e. The maximum Gasteiger partial charge on any atom is 0.310 e. The first kappa shape index (κ1) is 13.2. The Labute approximate surface area is 101 Å². The number of Topliss-reactive ketones (excluding diaryl/α,β-unsaturated/α-hetero) is 1. The molecule has 0 bridgehead atoms. The third-order valence-electron chi connectivity index (χ3n) is 2.37. The van der Waals surface area contributed by atoms with Crippen LogP contribution in [-0.4, -0.2) is 11.8 Å². The molecule has 0 atom stereocenters. The molecule has 1 aromatic rings. The highest BCUT2D eigenvalue weighted by atomic mass is 16.5. The van der Waals surface area contributed by atoms with Crippen LogP contribution in [0, 0.1) is 6.92 Å². The molecule has 0 heterocycles. The van der Waals surface area contributed by atoms with Gasteiger partial charge in [0.1, 0.15) is 0 Å². The fraction of sp³-hybridized carbons (Fsp3) is 0.286. The monoisotopic (exact) mass is 232 g/mol. The molecule has 3 heteroatoms. The third-order valence-corrected chi connectivity index (χ3v) is 2.37. The van der Waals surface area contributed by atoms with Gasteiger partial charge < -0.3 is 4.74 Å². The van der Waals surface area contributed by atoms with E-state index in [-0.39, 0.29) is 18.2 Å². The number of aryl methyl sites for hydroxylation is 1. The summed E-state index contributed by atoms with van der Waals surface area (Å²) in [5.41, 5.74) is 1.81. The number of carbonyl (C=O) groups excluding carboxylic acids is 2. The van der Waals surface area contributed by atoms with E-state index in [1.165, 1.54) is 0 Å². The van der Waals surface area contributed by atoms with Crippen molar-refractivity contribution >= 4 is 11.8 Å². The van der Waals surface area contributed by atoms with Crippen LogP contribution in [0.1, 0.15) is 35.2 Å². The van der Waals surface area contributed by atoms with Gasteiger partial charge in [0, 0.05) is 18.4 Å². The number of esters is 1. The normalized spacial score (nSPS) is 9.71. The first-order valence-electron chi connectivity index (χ1n) is 5.53. The highest BCUT2D eigenvalue weighted by Crippen LogP contribution is 2.09. The second-order valence-corrected chi connectivity index (χ2v) is 3.80.